The van der Waals surface area contributed by atoms with Gasteiger partial charge in [0.15, 0.2) is 0 Å². The summed E-state index contributed by atoms with van der Waals surface area (Å²) in [6.07, 6.45) is 4.44. The van der Waals surface area contributed by atoms with Crippen molar-refractivity contribution in [3.05, 3.63) is 34.9 Å². The molecular formula is C28H47N3O4. The molecule has 1 rings (SSSR count). The molecule has 0 radical (unpaired) electrons. The largest absolute Gasteiger partial charge is 0.444 e. The predicted octanol–water partition coefficient (Wildman–Crippen LogP) is 5.58. The summed E-state index contributed by atoms with van der Waals surface area (Å²) in [5.74, 6) is -0.554. The van der Waals surface area contributed by atoms with Crippen molar-refractivity contribution in [2.75, 3.05) is 13.1 Å². The molecule has 35 heavy (non-hydrogen) atoms. The van der Waals surface area contributed by atoms with E-state index in [1.807, 2.05) is 52.8 Å². The number of rotatable bonds is 11. The summed E-state index contributed by atoms with van der Waals surface area (Å²) in [6, 6.07) is 5.16. The molecule has 2 N–H and O–H groups in total. The molecule has 0 aliphatic carbocycles. The Morgan fingerprint density at radius 1 is 0.914 bits per heavy atom. The Morgan fingerprint density at radius 2 is 1.49 bits per heavy atom. The van der Waals surface area contributed by atoms with Gasteiger partial charge in [-0.2, -0.15) is 0 Å². The summed E-state index contributed by atoms with van der Waals surface area (Å²) in [4.78, 5) is 40.8. The predicted molar refractivity (Wildman–Crippen MR) is 141 cm³/mol. The van der Waals surface area contributed by atoms with Crippen molar-refractivity contribution >= 4 is 17.9 Å². The fraction of sp³-hybridized carbons (Fsp3) is 0.679. The van der Waals surface area contributed by atoms with Gasteiger partial charge in [-0.1, -0.05) is 61.9 Å². The number of hydrogen-bond donors (Lipinski definition) is 2. The van der Waals surface area contributed by atoms with E-state index in [4.69, 9.17) is 4.74 Å². The Hall–Kier alpha value is -2.57. The summed E-state index contributed by atoms with van der Waals surface area (Å²) in [5.41, 5.74) is 1.69. The molecule has 0 spiro atoms. The van der Waals surface area contributed by atoms with E-state index >= 15 is 0 Å². The summed E-state index contributed by atoms with van der Waals surface area (Å²) in [5, 5.41) is 5.62. The molecular weight excluding hydrogens is 442 g/mol. The number of nitrogens with one attached hydrogen (secondary N) is 2. The number of carbonyl (C=O) groups is 3. The quantitative estimate of drug-likeness (QED) is 0.397. The van der Waals surface area contributed by atoms with Crippen LogP contribution in [0.3, 0.4) is 0 Å². The average Bonchev–Trinajstić information content (AvgIpc) is 2.67. The molecule has 7 heteroatoms. The maximum Gasteiger partial charge on any atom is 0.408 e. The second-order valence-corrected chi connectivity index (χ2v) is 11.4. The second-order valence-electron chi connectivity index (χ2n) is 11.4. The number of carbonyl (C=O) groups excluding carboxylic acids is 3. The molecule has 198 valence electrons. The molecule has 1 aromatic carbocycles. The van der Waals surface area contributed by atoms with Crippen LogP contribution in [0.4, 0.5) is 4.79 Å². The lowest BCUT2D eigenvalue weighted by atomic mass is 9.97. The van der Waals surface area contributed by atoms with Crippen LogP contribution in [-0.2, 0) is 14.3 Å². The van der Waals surface area contributed by atoms with Gasteiger partial charge in [-0.05, 0) is 67.4 Å². The highest BCUT2D eigenvalue weighted by atomic mass is 16.6. The van der Waals surface area contributed by atoms with E-state index in [9.17, 15) is 14.4 Å². The van der Waals surface area contributed by atoms with Crippen molar-refractivity contribution in [1.29, 1.82) is 0 Å². The average molecular weight is 490 g/mol. The molecule has 1 unspecified atom stereocenters. The number of benzene rings is 1. The molecule has 0 bridgehead atoms. The van der Waals surface area contributed by atoms with E-state index in [1.165, 1.54) is 0 Å². The molecule has 0 saturated carbocycles. The van der Waals surface area contributed by atoms with Crippen LogP contribution in [0.15, 0.2) is 18.2 Å². The number of amides is 3. The van der Waals surface area contributed by atoms with Crippen LogP contribution in [0.1, 0.15) is 103 Å². The SMILES string of the molecule is CCCCCCCN(C(=O)CNC(=O)OC(C)(C)C)C(C(=O)NC(C)(C)C)c1cc(C)cc(C)c1. The maximum absolute atomic E-state index is 13.6. The zero-order chi connectivity index (χ0) is 26.8. The van der Waals surface area contributed by atoms with Crippen LogP contribution in [0.5, 0.6) is 0 Å². The highest BCUT2D eigenvalue weighted by Crippen LogP contribution is 2.26. The monoisotopic (exact) mass is 489 g/mol. The molecule has 0 fully saturated rings. The van der Waals surface area contributed by atoms with Crippen LogP contribution in [0.25, 0.3) is 0 Å². The van der Waals surface area contributed by atoms with Crippen LogP contribution in [0, 0.1) is 13.8 Å². The summed E-state index contributed by atoms with van der Waals surface area (Å²) in [7, 11) is 0. The molecule has 0 heterocycles. The Kier molecular flexibility index (Phi) is 11.7. The Labute approximate surface area is 212 Å². The molecule has 0 saturated heterocycles. The first-order chi connectivity index (χ1) is 16.1. The highest BCUT2D eigenvalue weighted by Gasteiger charge is 2.33. The second kappa shape index (κ2) is 13.5. The summed E-state index contributed by atoms with van der Waals surface area (Å²) in [6.45, 7) is 17.4. The minimum Gasteiger partial charge on any atom is -0.444 e. The zero-order valence-corrected chi connectivity index (χ0v) is 23.3. The first kappa shape index (κ1) is 30.5. The number of unbranched alkanes of at least 4 members (excludes halogenated alkanes) is 4. The van der Waals surface area contributed by atoms with Gasteiger partial charge < -0.3 is 20.3 Å². The van der Waals surface area contributed by atoms with Gasteiger partial charge in [0.25, 0.3) is 0 Å². The molecule has 0 aliphatic heterocycles. The number of hydrogen-bond acceptors (Lipinski definition) is 4. The number of ether oxygens (including phenoxy) is 1. The molecule has 1 atom stereocenters. The molecule has 7 nitrogen and oxygen atoms in total. The van der Waals surface area contributed by atoms with Crippen molar-refractivity contribution in [2.24, 2.45) is 0 Å². The number of nitrogens with zero attached hydrogens (tertiary/aromatic N) is 1. The smallest absolute Gasteiger partial charge is 0.408 e. The van der Waals surface area contributed by atoms with Gasteiger partial charge in [0.2, 0.25) is 11.8 Å². The van der Waals surface area contributed by atoms with Crippen LogP contribution in [0.2, 0.25) is 0 Å². The third-order valence-electron chi connectivity index (χ3n) is 5.22. The Balaban J connectivity index is 3.28. The van der Waals surface area contributed by atoms with Crippen LogP contribution in [-0.4, -0.2) is 47.0 Å². The first-order valence-corrected chi connectivity index (χ1v) is 12.8. The fourth-order valence-corrected chi connectivity index (χ4v) is 3.93. The summed E-state index contributed by atoms with van der Waals surface area (Å²) < 4.78 is 5.28. The minimum absolute atomic E-state index is 0.235. The van der Waals surface area contributed by atoms with Crippen molar-refractivity contribution in [2.45, 2.75) is 112 Å². The lowest BCUT2D eigenvalue weighted by molar-refractivity contribution is -0.141. The van der Waals surface area contributed by atoms with Crippen LogP contribution >= 0.6 is 0 Å². The van der Waals surface area contributed by atoms with Gasteiger partial charge in [-0.15, -0.1) is 0 Å². The van der Waals surface area contributed by atoms with Gasteiger partial charge in [-0.3, -0.25) is 9.59 Å². The van der Waals surface area contributed by atoms with Gasteiger partial charge in [0.1, 0.15) is 18.2 Å². The van der Waals surface area contributed by atoms with Crippen molar-refractivity contribution in [3.8, 4) is 0 Å². The van der Waals surface area contributed by atoms with E-state index in [0.717, 1.165) is 48.8 Å². The van der Waals surface area contributed by atoms with Gasteiger partial charge >= 0.3 is 6.09 Å². The van der Waals surface area contributed by atoms with Gasteiger partial charge in [-0.25, -0.2) is 4.79 Å². The van der Waals surface area contributed by atoms with E-state index < -0.39 is 23.3 Å². The molecule has 3 amide bonds. The van der Waals surface area contributed by atoms with E-state index in [0.29, 0.717) is 6.54 Å². The van der Waals surface area contributed by atoms with Gasteiger partial charge in [0.05, 0.1) is 0 Å². The topological polar surface area (TPSA) is 87.7 Å². The van der Waals surface area contributed by atoms with Gasteiger partial charge in [0, 0.05) is 12.1 Å². The van der Waals surface area contributed by atoms with Crippen LogP contribution < -0.4 is 10.6 Å². The summed E-state index contributed by atoms with van der Waals surface area (Å²) >= 11 is 0. The number of aryl methyl sites for hydroxylation is 2. The van der Waals surface area contributed by atoms with Crippen molar-refractivity contribution < 1.29 is 19.1 Å². The van der Waals surface area contributed by atoms with Crippen molar-refractivity contribution in [3.63, 3.8) is 0 Å². The standard InChI is InChI=1S/C28H47N3O4/c1-10-11-12-13-14-15-31(23(32)19-29-26(34)35-28(7,8)9)24(25(33)30-27(4,5)6)22-17-20(2)16-21(3)18-22/h16-18,24H,10-15,19H2,1-9H3,(H,29,34)(H,30,33). The molecule has 0 aliphatic rings. The van der Waals surface area contributed by atoms with E-state index in [2.05, 4.69) is 17.6 Å². The molecule has 1 aromatic rings. The fourth-order valence-electron chi connectivity index (χ4n) is 3.93. The van der Waals surface area contributed by atoms with Crippen molar-refractivity contribution in [1.82, 2.24) is 15.5 Å². The lowest BCUT2D eigenvalue weighted by Gasteiger charge is -2.34. The van der Waals surface area contributed by atoms with E-state index in [1.54, 1.807) is 25.7 Å². The first-order valence-electron chi connectivity index (χ1n) is 12.8. The molecule has 0 aromatic heterocycles. The Morgan fingerprint density at radius 3 is 2.00 bits per heavy atom. The lowest BCUT2D eigenvalue weighted by Crippen LogP contribution is -2.51. The minimum atomic E-state index is -0.799. The normalized spacial score (nSPS) is 12.6. The third-order valence-corrected chi connectivity index (χ3v) is 5.22. The van der Waals surface area contributed by atoms with E-state index in [-0.39, 0.29) is 18.4 Å². The third kappa shape index (κ3) is 12.1. The Bertz CT molecular complexity index is 832. The highest BCUT2D eigenvalue weighted by molar-refractivity contribution is 5.90. The number of alkyl carbamates (subject to hydrolysis) is 1. The maximum atomic E-state index is 13.6. The zero-order valence-electron chi connectivity index (χ0n) is 23.3.